The molecule has 0 unspecified atom stereocenters. The van der Waals surface area contributed by atoms with Gasteiger partial charge in [0, 0.05) is 42.3 Å². The monoisotopic (exact) mass is 301 g/mol. The maximum Gasteiger partial charge on any atom is 0.292 e. The fourth-order valence-corrected chi connectivity index (χ4v) is 2.89. The first-order valence-electron chi connectivity index (χ1n) is 7.68. The predicted octanol–water partition coefficient (Wildman–Crippen LogP) is 4.37. The number of allylic oxidation sites excluding steroid dienone is 1. The second kappa shape index (κ2) is 5.69. The van der Waals surface area contributed by atoms with Gasteiger partial charge in [-0.3, -0.25) is 4.98 Å². The van der Waals surface area contributed by atoms with Crippen molar-refractivity contribution in [1.82, 2.24) is 4.98 Å². The molecule has 0 amide bonds. The van der Waals surface area contributed by atoms with Gasteiger partial charge in [-0.15, -0.1) is 0 Å². The number of aromatic nitrogens is 1. The van der Waals surface area contributed by atoms with Gasteiger partial charge in [-0.25, -0.2) is 0 Å². The van der Waals surface area contributed by atoms with Crippen molar-refractivity contribution in [3.8, 4) is 0 Å². The first-order valence-corrected chi connectivity index (χ1v) is 7.68. The summed E-state index contributed by atoms with van der Waals surface area (Å²) in [7, 11) is 0. The normalized spacial score (nSPS) is 14.6. The first kappa shape index (κ1) is 13.7. The zero-order valence-corrected chi connectivity index (χ0v) is 12.9. The van der Waals surface area contributed by atoms with Crippen LogP contribution in [0, 0.1) is 0 Å². The van der Waals surface area contributed by atoms with Crippen LogP contribution in [0.1, 0.15) is 12.5 Å². The van der Waals surface area contributed by atoms with E-state index in [4.69, 9.17) is 4.74 Å². The molecule has 0 radical (unpaired) electrons. The van der Waals surface area contributed by atoms with Crippen molar-refractivity contribution >= 4 is 28.1 Å². The molecule has 0 saturated carbocycles. The molecule has 23 heavy (non-hydrogen) atoms. The van der Waals surface area contributed by atoms with Crippen molar-refractivity contribution in [1.29, 1.82) is 0 Å². The summed E-state index contributed by atoms with van der Waals surface area (Å²) >= 11 is 0. The van der Waals surface area contributed by atoms with E-state index >= 15 is 0 Å². The summed E-state index contributed by atoms with van der Waals surface area (Å²) in [5, 5.41) is 1.12. The van der Waals surface area contributed by atoms with Crippen LogP contribution in [0.25, 0.3) is 16.7 Å². The molecule has 3 nitrogen and oxygen atoms in total. The molecule has 1 aliphatic rings. The van der Waals surface area contributed by atoms with E-state index in [1.165, 1.54) is 0 Å². The SMILES string of the molecule is CC1=[N+](c2ccccc2)COC(c2cccc3cccnc23)=C1. The third-order valence-electron chi connectivity index (χ3n) is 4.08. The zero-order chi connectivity index (χ0) is 15.6. The van der Waals surface area contributed by atoms with Gasteiger partial charge in [0.25, 0.3) is 6.73 Å². The van der Waals surface area contributed by atoms with E-state index in [0.29, 0.717) is 6.73 Å². The molecule has 3 aromatic rings. The first-order chi connectivity index (χ1) is 11.3. The van der Waals surface area contributed by atoms with Crippen LogP contribution in [0.15, 0.2) is 72.9 Å². The Morgan fingerprint density at radius 2 is 1.78 bits per heavy atom. The molecular formula is C20H17N2O+. The standard InChI is InChI=1S/C20H17N2O/c1-15-13-19(23-14-22(15)17-9-3-2-4-10-17)18-11-5-7-16-8-6-12-21-20(16)18/h2-13H,14H2,1H3/q+1. The van der Waals surface area contributed by atoms with Crippen LogP contribution in [0.2, 0.25) is 0 Å². The van der Waals surface area contributed by atoms with Gasteiger partial charge in [-0.1, -0.05) is 36.4 Å². The number of ether oxygens (including phenoxy) is 1. The molecule has 1 aromatic heterocycles. The highest BCUT2D eigenvalue weighted by atomic mass is 16.5. The van der Waals surface area contributed by atoms with Gasteiger partial charge in [0.1, 0.15) is 5.76 Å². The Labute approximate surface area is 135 Å². The zero-order valence-electron chi connectivity index (χ0n) is 12.9. The summed E-state index contributed by atoms with van der Waals surface area (Å²) in [4.78, 5) is 4.51. The molecule has 1 aliphatic heterocycles. The average Bonchev–Trinajstić information content (AvgIpc) is 2.62. The number of pyridine rings is 1. The summed E-state index contributed by atoms with van der Waals surface area (Å²) in [5.74, 6) is 0.874. The van der Waals surface area contributed by atoms with E-state index in [0.717, 1.165) is 33.6 Å². The Balaban J connectivity index is 1.81. The van der Waals surface area contributed by atoms with Gasteiger partial charge in [0.05, 0.1) is 5.52 Å². The Kier molecular flexibility index (Phi) is 3.39. The summed E-state index contributed by atoms with van der Waals surface area (Å²) in [6.45, 7) is 2.61. The van der Waals surface area contributed by atoms with Crippen LogP contribution in [-0.4, -0.2) is 22.0 Å². The fraction of sp³-hybridized carbons (Fsp3) is 0.100. The van der Waals surface area contributed by atoms with Crippen molar-refractivity contribution < 1.29 is 9.31 Å². The molecule has 3 heteroatoms. The van der Waals surface area contributed by atoms with Crippen molar-refractivity contribution in [2.45, 2.75) is 6.92 Å². The second-order valence-electron chi connectivity index (χ2n) is 5.57. The van der Waals surface area contributed by atoms with Crippen LogP contribution in [-0.2, 0) is 4.74 Å². The second-order valence-corrected chi connectivity index (χ2v) is 5.57. The van der Waals surface area contributed by atoms with Crippen molar-refractivity contribution in [2.75, 3.05) is 6.73 Å². The highest BCUT2D eigenvalue weighted by Gasteiger charge is 2.21. The number of fused-ring (bicyclic) bond motifs is 1. The molecule has 112 valence electrons. The predicted molar refractivity (Wildman–Crippen MR) is 92.7 cm³/mol. The van der Waals surface area contributed by atoms with E-state index in [-0.39, 0.29) is 0 Å². The fourth-order valence-electron chi connectivity index (χ4n) is 2.89. The number of hydrogen-bond donors (Lipinski definition) is 0. The lowest BCUT2D eigenvalue weighted by Crippen LogP contribution is -2.21. The molecule has 0 spiro atoms. The summed E-state index contributed by atoms with van der Waals surface area (Å²) < 4.78 is 8.19. The molecule has 0 aliphatic carbocycles. The minimum atomic E-state index is 0.505. The third-order valence-corrected chi connectivity index (χ3v) is 4.08. The number of nitrogens with zero attached hydrogens (tertiary/aromatic N) is 2. The minimum Gasteiger partial charge on any atom is -0.435 e. The van der Waals surface area contributed by atoms with Crippen LogP contribution < -0.4 is 0 Å². The smallest absolute Gasteiger partial charge is 0.292 e. The molecule has 0 saturated heterocycles. The largest absolute Gasteiger partial charge is 0.435 e. The topological polar surface area (TPSA) is 25.1 Å². The molecule has 0 N–H and O–H groups in total. The Hall–Kier alpha value is -2.94. The number of para-hydroxylation sites is 2. The lowest BCUT2D eigenvalue weighted by atomic mass is 10.1. The van der Waals surface area contributed by atoms with Gasteiger partial charge in [0.15, 0.2) is 5.71 Å². The molecule has 2 heterocycles. The van der Waals surface area contributed by atoms with Gasteiger partial charge < -0.3 is 4.74 Å². The number of rotatable bonds is 2. The molecule has 0 bridgehead atoms. The van der Waals surface area contributed by atoms with Crippen LogP contribution in [0.5, 0.6) is 0 Å². The van der Waals surface area contributed by atoms with Crippen LogP contribution >= 0.6 is 0 Å². The Morgan fingerprint density at radius 3 is 2.61 bits per heavy atom. The van der Waals surface area contributed by atoms with Gasteiger partial charge in [0.2, 0.25) is 5.69 Å². The molecular weight excluding hydrogens is 284 g/mol. The van der Waals surface area contributed by atoms with E-state index in [1.807, 2.05) is 36.5 Å². The van der Waals surface area contributed by atoms with Crippen molar-refractivity contribution in [2.24, 2.45) is 0 Å². The van der Waals surface area contributed by atoms with Gasteiger partial charge in [-0.05, 0) is 12.1 Å². The number of hydrogen-bond acceptors (Lipinski definition) is 2. The Bertz CT molecular complexity index is 921. The summed E-state index contributed by atoms with van der Waals surface area (Å²) in [6, 6.07) is 20.5. The third kappa shape index (κ3) is 2.50. The highest BCUT2D eigenvalue weighted by Crippen LogP contribution is 2.27. The summed E-state index contributed by atoms with van der Waals surface area (Å²) in [5.41, 5.74) is 4.30. The lowest BCUT2D eigenvalue weighted by Gasteiger charge is -2.16. The molecule has 2 aromatic carbocycles. The lowest BCUT2D eigenvalue weighted by molar-refractivity contribution is -0.484. The minimum absolute atomic E-state index is 0.505. The van der Waals surface area contributed by atoms with E-state index < -0.39 is 0 Å². The molecule has 4 rings (SSSR count). The number of benzene rings is 2. The van der Waals surface area contributed by atoms with Gasteiger partial charge in [-0.2, -0.15) is 4.58 Å². The Morgan fingerprint density at radius 1 is 0.957 bits per heavy atom. The average molecular weight is 301 g/mol. The highest BCUT2D eigenvalue weighted by molar-refractivity contribution is 5.99. The summed E-state index contributed by atoms with van der Waals surface area (Å²) in [6.07, 6.45) is 3.90. The van der Waals surface area contributed by atoms with E-state index in [9.17, 15) is 0 Å². The quantitative estimate of drug-likeness (QED) is 0.657. The van der Waals surface area contributed by atoms with Crippen molar-refractivity contribution in [3.63, 3.8) is 0 Å². The van der Waals surface area contributed by atoms with Gasteiger partial charge >= 0.3 is 0 Å². The molecule has 0 atom stereocenters. The van der Waals surface area contributed by atoms with Crippen molar-refractivity contribution in [3.05, 3.63) is 78.5 Å². The van der Waals surface area contributed by atoms with E-state index in [2.05, 4.69) is 52.9 Å². The maximum atomic E-state index is 6.04. The van der Waals surface area contributed by atoms with Crippen LogP contribution in [0.4, 0.5) is 5.69 Å². The van der Waals surface area contributed by atoms with E-state index in [1.54, 1.807) is 0 Å². The molecule has 0 fully saturated rings. The van der Waals surface area contributed by atoms with Crippen LogP contribution in [0.3, 0.4) is 0 Å². The maximum absolute atomic E-state index is 6.04.